The predicted octanol–water partition coefficient (Wildman–Crippen LogP) is 6.59. The van der Waals surface area contributed by atoms with E-state index >= 15 is 0 Å². The number of carbonyl (C=O) groups is 1. The van der Waals surface area contributed by atoms with Crippen molar-refractivity contribution in [2.45, 2.75) is 26.6 Å². The Morgan fingerprint density at radius 1 is 1.11 bits per heavy atom. The third kappa shape index (κ3) is 6.27. The monoisotopic (exact) mass is 557 g/mol. The van der Waals surface area contributed by atoms with Crippen molar-refractivity contribution in [1.29, 1.82) is 0 Å². The molecule has 0 unspecified atom stereocenters. The summed E-state index contributed by atoms with van der Waals surface area (Å²) in [6.45, 7) is 8.10. The highest BCUT2D eigenvalue weighted by Gasteiger charge is 2.17. The standard InChI is InChI=1S/C27H29Cl2N5O2S/c1-3-34-15-24(31-27(35)36-16-18-10-20(28)13-21(29)11-18)23-12-19(4-5-25(23)34)26-30-22(17-37-26)14-33-8-6-32(2)7-9-33/h4-5,10-13,15,17H,3,6-9,14,16H2,1-2H3,(H,31,35). The summed E-state index contributed by atoms with van der Waals surface area (Å²) in [5.41, 5.74) is 4.58. The zero-order valence-electron chi connectivity index (χ0n) is 20.8. The smallest absolute Gasteiger partial charge is 0.412 e. The first-order valence-electron chi connectivity index (χ1n) is 12.2. The topological polar surface area (TPSA) is 62.6 Å². The Labute approximate surface area is 230 Å². The Morgan fingerprint density at radius 2 is 1.86 bits per heavy atom. The van der Waals surface area contributed by atoms with Gasteiger partial charge in [0.05, 0.1) is 16.9 Å². The molecule has 1 aliphatic heterocycles. The maximum Gasteiger partial charge on any atom is 0.412 e. The summed E-state index contributed by atoms with van der Waals surface area (Å²) >= 11 is 13.7. The average molecular weight is 559 g/mol. The van der Waals surface area contributed by atoms with E-state index in [0.717, 1.165) is 72.0 Å². The molecule has 0 atom stereocenters. The van der Waals surface area contributed by atoms with Gasteiger partial charge in [0.2, 0.25) is 0 Å². The van der Waals surface area contributed by atoms with Crippen LogP contribution in [0.3, 0.4) is 0 Å². The number of nitrogens with one attached hydrogen (secondary N) is 1. The highest BCUT2D eigenvalue weighted by atomic mass is 35.5. The molecule has 0 bridgehead atoms. The van der Waals surface area contributed by atoms with Crippen molar-refractivity contribution in [2.75, 3.05) is 38.5 Å². The average Bonchev–Trinajstić information content (AvgIpc) is 3.48. The van der Waals surface area contributed by atoms with Gasteiger partial charge in [-0.1, -0.05) is 23.2 Å². The summed E-state index contributed by atoms with van der Waals surface area (Å²) in [5.74, 6) is 0. The van der Waals surface area contributed by atoms with Gasteiger partial charge in [-0.2, -0.15) is 0 Å². The first-order valence-corrected chi connectivity index (χ1v) is 13.9. The van der Waals surface area contributed by atoms with Gasteiger partial charge in [0.25, 0.3) is 0 Å². The van der Waals surface area contributed by atoms with Gasteiger partial charge in [0, 0.05) is 71.8 Å². The molecule has 3 heterocycles. The van der Waals surface area contributed by atoms with E-state index in [1.54, 1.807) is 29.5 Å². The minimum Gasteiger partial charge on any atom is -0.444 e. The maximum atomic E-state index is 12.6. The number of ether oxygens (including phenoxy) is 1. The van der Waals surface area contributed by atoms with Crippen molar-refractivity contribution in [2.24, 2.45) is 0 Å². The molecule has 1 N–H and O–H groups in total. The fourth-order valence-corrected chi connectivity index (χ4v) is 5.91. The Hall–Kier alpha value is -2.62. The van der Waals surface area contributed by atoms with Crippen molar-refractivity contribution in [3.8, 4) is 10.6 Å². The van der Waals surface area contributed by atoms with Crippen LogP contribution in [0.4, 0.5) is 10.5 Å². The number of hydrogen-bond acceptors (Lipinski definition) is 6. The molecule has 37 heavy (non-hydrogen) atoms. The number of carbonyl (C=O) groups excluding carboxylic acids is 1. The first-order chi connectivity index (χ1) is 17.9. The van der Waals surface area contributed by atoms with Gasteiger partial charge in [0.15, 0.2) is 0 Å². The molecule has 0 saturated carbocycles. The van der Waals surface area contributed by atoms with Gasteiger partial charge >= 0.3 is 6.09 Å². The molecule has 2 aromatic carbocycles. The third-order valence-corrected chi connectivity index (χ3v) is 7.91. The number of hydrogen-bond donors (Lipinski definition) is 1. The second-order valence-electron chi connectivity index (χ2n) is 9.26. The summed E-state index contributed by atoms with van der Waals surface area (Å²) in [5, 5.41) is 7.97. The fraction of sp³-hybridized carbons (Fsp3) is 0.333. The minimum atomic E-state index is -0.541. The lowest BCUT2D eigenvalue weighted by Gasteiger charge is -2.31. The van der Waals surface area contributed by atoms with Gasteiger partial charge in [-0.25, -0.2) is 9.78 Å². The van der Waals surface area contributed by atoms with E-state index < -0.39 is 6.09 Å². The summed E-state index contributed by atoms with van der Waals surface area (Å²) in [4.78, 5) is 22.4. The molecule has 1 fully saturated rings. The van der Waals surface area contributed by atoms with Crippen molar-refractivity contribution >= 4 is 57.2 Å². The van der Waals surface area contributed by atoms with Crippen molar-refractivity contribution < 1.29 is 9.53 Å². The van der Waals surface area contributed by atoms with Crippen LogP contribution in [0.5, 0.6) is 0 Å². The lowest BCUT2D eigenvalue weighted by Crippen LogP contribution is -2.43. The van der Waals surface area contributed by atoms with Crippen LogP contribution >= 0.6 is 34.5 Å². The molecular formula is C27H29Cl2N5O2S. The number of thiazole rings is 1. The molecule has 0 spiro atoms. The van der Waals surface area contributed by atoms with Crippen LogP contribution in [0.1, 0.15) is 18.2 Å². The largest absolute Gasteiger partial charge is 0.444 e. The molecule has 1 aliphatic rings. The minimum absolute atomic E-state index is 0.0684. The van der Waals surface area contributed by atoms with Gasteiger partial charge in [-0.15, -0.1) is 11.3 Å². The van der Waals surface area contributed by atoms with Crippen LogP contribution in [0, 0.1) is 0 Å². The molecule has 0 aliphatic carbocycles. The number of nitrogens with zero attached hydrogens (tertiary/aromatic N) is 4. The molecule has 2 aromatic heterocycles. The van der Waals surface area contributed by atoms with Crippen LogP contribution in [0.15, 0.2) is 48.0 Å². The maximum absolute atomic E-state index is 12.6. The number of amides is 1. The Morgan fingerprint density at radius 3 is 2.59 bits per heavy atom. The Kier molecular flexibility index (Phi) is 8.02. The number of rotatable bonds is 7. The van der Waals surface area contributed by atoms with E-state index in [4.69, 9.17) is 32.9 Å². The molecule has 194 valence electrons. The summed E-state index contributed by atoms with van der Waals surface area (Å²) in [6.07, 6.45) is 1.40. The number of benzene rings is 2. The Balaban J connectivity index is 1.31. The zero-order chi connectivity index (χ0) is 25.9. The zero-order valence-corrected chi connectivity index (χ0v) is 23.2. The van der Waals surface area contributed by atoms with E-state index in [-0.39, 0.29) is 6.61 Å². The first kappa shape index (κ1) is 26.0. The van der Waals surface area contributed by atoms with E-state index in [9.17, 15) is 4.79 Å². The van der Waals surface area contributed by atoms with Crippen molar-refractivity contribution in [3.63, 3.8) is 0 Å². The lowest BCUT2D eigenvalue weighted by molar-refractivity contribution is 0.147. The van der Waals surface area contributed by atoms with Gasteiger partial charge in [-0.05, 0) is 55.9 Å². The van der Waals surface area contributed by atoms with Crippen molar-refractivity contribution in [1.82, 2.24) is 19.4 Å². The van der Waals surface area contributed by atoms with E-state index in [1.807, 2.05) is 6.20 Å². The highest BCUT2D eigenvalue weighted by molar-refractivity contribution is 7.13. The van der Waals surface area contributed by atoms with E-state index in [0.29, 0.717) is 15.7 Å². The number of aromatic nitrogens is 2. The van der Waals surface area contributed by atoms with Gasteiger partial charge < -0.3 is 14.2 Å². The number of anilines is 1. The highest BCUT2D eigenvalue weighted by Crippen LogP contribution is 2.33. The fourth-order valence-electron chi connectivity index (χ4n) is 4.53. The van der Waals surface area contributed by atoms with Gasteiger partial charge in [-0.3, -0.25) is 10.2 Å². The van der Waals surface area contributed by atoms with Crippen molar-refractivity contribution in [3.05, 3.63) is 69.3 Å². The number of halogens is 2. The van der Waals surface area contributed by atoms with Crippen LogP contribution in [-0.4, -0.2) is 58.7 Å². The Bertz CT molecular complexity index is 1390. The normalized spacial score (nSPS) is 14.8. The molecule has 1 saturated heterocycles. The number of fused-ring (bicyclic) bond motifs is 1. The van der Waals surface area contributed by atoms with Crippen LogP contribution in [-0.2, 0) is 24.4 Å². The van der Waals surface area contributed by atoms with E-state index in [2.05, 4.69) is 57.2 Å². The quantitative estimate of drug-likeness (QED) is 0.277. The predicted molar refractivity (Wildman–Crippen MR) is 152 cm³/mol. The molecule has 0 radical (unpaired) electrons. The molecular weight excluding hydrogens is 529 g/mol. The summed E-state index contributed by atoms with van der Waals surface area (Å²) < 4.78 is 7.54. The number of piperazine rings is 1. The van der Waals surface area contributed by atoms with E-state index in [1.165, 1.54) is 0 Å². The summed E-state index contributed by atoms with van der Waals surface area (Å²) in [7, 11) is 2.17. The molecule has 1 amide bonds. The number of aryl methyl sites for hydroxylation is 1. The molecule has 7 nitrogen and oxygen atoms in total. The van der Waals surface area contributed by atoms with Crippen LogP contribution < -0.4 is 5.32 Å². The second-order valence-corrected chi connectivity index (χ2v) is 11.0. The summed E-state index contributed by atoms with van der Waals surface area (Å²) in [6, 6.07) is 11.4. The SMILES string of the molecule is CCn1cc(NC(=O)OCc2cc(Cl)cc(Cl)c2)c2cc(-c3nc(CN4CCN(C)CC4)cs3)ccc21. The number of likely N-dealkylation sites (N-methyl/N-ethyl adjacent to an activating group) is 1. The molecule has 4 aromatic rings. The second kappa shape index (κ2) is 11.4. The van der Waals surface area contributed by atoms with Gasteiger partial charge in [0.1, 0.15) is 11.6 Å². The van der Waals surface area contributed by atoms with Crippen LogP contribution in [0.25, 0.3) is 21.5 Å². The lowest BCUT2D eigenvalue weighted by atomic mass is 10.1. The van der Waals surface area contributed by atoms with Crippen LogP contribution in [0.2, 0.25) is 10.0 Å². The third-order valence-electron chi connectivity index (χ3n) is 6.53. The molecule has 10 heteroatoms. The molecule has 5 rings (SSSR count).